The number of rotatable bonds is 10. The molecule has 0 bridgehead atoms. The predicted octanol–water partition coefficient (Wildman–Crippen LogP) is 3.49. The molecule has 0 unspecified atom stereocenters. The minimum absolute atomic E-state index is 0.103. The Morgan fingerprint density at radius 3 is 2.57 bits per heavy atom. The molecular weight excluding hydrogens is 357 g/mol. The average Bonchev–Trinajstić information content (AvgIpc) is 2.69. The number of nitrogens with zero attached hydrogens (tertiary/aromatic N) is 1. The van der Waals surface area contributed by atoms with Gasteiger partial charge < -0.3 is 20.1 Å². The van der Waals surface area contributed by atoms with Gasteiger partial charge in [-0.3, -0.25) is 4.99 Å². The quantitative estimate of drug-likeness (QED) is 0.363. The number of hydrogen-bond donors (Lipinski definition) is 2. The van der Waals surface area contributed by atoms with Gasteiger partial charge in [-0.15, -0.1) is 0 Å². The van der Waals surface area contributed by atoms with Crippen molar-refractivity contribution in [3.05, 3.63) is 35.6 Å². The number of guanidine groups is 1. The van der Waals surface area contributed by atoms with E-state index in [2.05, 4.69) is 31.4 Å². The summed E-state index contributed by atoms with van der Waals surface area (Å²) in [5.41, 5.74) is 1.04. The molecule has 158 valence electrons. The SMILES string of the molecule is CCNC(=NCC1(c2ccc(F)cc2)CCOCC1)NCCCOCC(C)C. The Bertz CT molecular complexity index is 584. The first-order chi connectivity index (χ1) is 13.6. The Morgan fingerprint density at radius 2 is 1.93 bits per heavy atom. The second-order valence-corrected chi connectivity index (χ2v) is 7.84. The zero-order valence-corrected chi connectivity index (χ0v) is 17.6. The minimum atomic E-state index is -0.204. The first-order valence-electron chi connectivity index (χ1n) is 10.5. The predicted molar refractivity (Wildman–Crippen MR) is 112 cm³/mol. The Morgan fingerprint density at radius 1 is 1.21 bits per heavy atom. The van der Waals surface area contributed by atoms with Gasteiger partial charge >= 0.3 is 0 Å². The Hall–Kier alpha value is -1.66. The van der Waals surface area contributed by atoms with Gasteiger partial charge in [0.25, 0.3) is 0 Å². The van der Waals surface area contributed by atoms with Crippen molar-refractivity contribution in [3.8, 4) is 0 Å². The summed E-state index contributed by atoms with van der Waals surface area (Å²) in [6.45, 7) is 11.6. The molecule has 0 saturated carbocycles. The molecule has 1 aliphatic rings. The van der Waals surface area contributed by atoms with Crippen LogP contribution in [-0.2, 0) is 14.9 Å². The van der Waals surface area contributed by atoms with Gasteiger partial charge in [0.2, 0.25) is 0 Å². The van der Waals surface area contributed by atoms with Crippen LogP contribution in [0.5, 0.6) is 0 Å². The number of aliphatic imine (C=N–C) groups is 1. The van der Waals surface area contributed by atoms with Crippen LogP contribution in [0.3, 0.4) is 0 Å². The van der Waals surface area contributed by atoms with Gasteiger partial charge in [-0.2, -0.15) is 0 Å². The zero-order chi connectivity index (χ0) is 20.2. The fraction of sp³-hybridized carbons (Fsp3) is 0.682. The van der Waals surface area contributed by atoms with Crippen LogP contribution in [0.15, 0.2) is 29.3 Å². The standard InChI is InChI=1S/C22H36FN3O2/c1-4-24-21(25-12-5-13-28-16-18(2)3)26-17-22(10-14-27-15-11-22)19-6-8-20(23)9-7-19/h6-9,18H,4-5,10-17H2,1-3H3,(H2,24,25,26). The number of halogens is 1. The van der Waals surface area contributed by atoms with Crippen molar-refractivity contribution in [1.29, 1.82) is 0 Å². The van der Waals surface area contributed by atoms with Crippen molar-refractivity contribution in [3.63, 3.8) is 0 Å². The second kappa shape index (κ2) is 12.0. The van der Waals surface area contributed by atoms with Crippen LogP contribution in [-0.4, -0.2) is 52.0 Å². The second-order valence-electron chi connectivity index (χ2n) is 7.84. The third kappa shape index (κ3) is 7.40. The highest BCUT2D eigenvalue weighted by Crippen LogP contribution is 2.35. The topological polar surface area (TPSA) is 54.9 Å². The molecule has 1 heterocycles. The molecule has 1 aromatic rings. The molecule has 0 atom stereocenters. The van der Waals surface area contributed by atoms with E-state index in [1.165, 1.54) is 12.1 Å². The Balaban J connectivity index is 1.96. The average molecular weight is 394 g/mol. The highest BCUT2D eigenvalue weighted by molar-refractivity contribution is 5.79. The van der Waals surface area contributed by atoms with Crippen LogP contribution in [0.25, 0.3) is 0 Å². The van der Waals surface area contributed by atoms with E-state index in [4.69, 9.17) is 14.5 Å². The summed E-state index contributed by atoms with van der Waals surface area (Å²) in [4.78, 5) is 4.86. The lowest BCUT2D eigenvalue weighted by molar-refractivity contribution is 0.0531. The van der Waals surface area contributed by atoms with Gasteiger partial charge in [0.1, 0.15) is 5.82 Å². The number of ether oxygens (including phenoxy) is 2. The lowest BCUT2D eigenvalue weighted by Gasteiger charge is -2.36. The van der Waals surface area contributed by atoms with Gasteiger partial charge in [0.15, 0.2) is 5.96 Å². The summed E-state index contributed by atoms with van der Waals surface area (Å²) in [5, 5.41) is 6.71. The van der Waals surface area contributed by atoms with E-state index in [-0.39, 0.29) is 11.2 Å². The largest absolute Gasteiger partial charge is 0.381 e. The Labute approximate surface area is 169 Å². The molecule has 5 nitrogen and oxygen atoms in total. The van der Waals surface area contributed by atoms with E-state index in [9.17, 15) is 4.39 Å². The molecule has 6 heteroatoms. The van der Waals surface area contributed by atoms with Crippen molar-refractivity contribution in [2.75, 3.05) is 46.1 Å². The number of nitrogens with one attached hydrogen (secondary N) is 2. The van der Waals surface area contributed by atoms with Gasteiger partial charge in [-0.05, 0) is 49.8 Å². The highest BCUT2D eigenvalue weighted by Gasteiger charge is 2.34. The molecule has 0 amide bonds. The maximum Gasteiger partial charge on any atom is 0.191 e. The molecule has 1 fully saturated rings. The third-order valence-corrected chi connectivity index (χ3v) is 5.00. The maximum absolute atomic E-state index is 13.4. The fourth-order valence-electron chi connectivity index (χ4n) is 3.38. The Kier molecular flexibility index (Phi) is 9.71. The monoisotopic (exact) mass is 393 g/mol. The van der Waals surface area contributed by atoms with Crippen LogP contribution < -0.4 is 10.6 Å². The van der Waals surface area contributed by atoms with Crippen molar-refractivity contribution in [2.24, 2.45) is 10.9 Å². The molecule has 2 rings (SSSR count). The molecule has 0 aliphatic carbocycles. The van der Waals surface area contributed by atoms with E-state index in [0.717, 1.165) is 57.1 Å². The number of benzene rings is 1. The summed E-state index contributed by atoms with van der Waals surface area (Å²) in [6.07, 6.45) is 2.73. The summed E-state index contributed by atoms with van der Waals surface area (Å²) >= 11 is 0. The zero-order valence-electron chi connectivity index (χ0n) is 17.6. The van der Waals surface area contributed by atoms with Crippen molar-refractivity contribution in [2.45, 2.75) is 45.4 Å². The molecule has 1 aliphatic heterocycles. The van der Waals surface area contributed by atoms with Gasteiger partial charge in [0.05, 0.1) is 6.54 Å². The van der Waals surface area contributed by atoms with E-state index < -0.39 is 0 Å². The molecule has 2 N–H and O–H groups in total. The van der Waals surface area contributed by atoms with Crippen LogP contribution >= 0.6 is 0 Å². The third-order valence-electron chi connectivity index (χ3n) is 5.00. The minimum Gasteiger partial charge on any atom is -0.381 e. The summed E-state index contributed by atoms with van der Waals surface area (Å²) in [5.74, 6) is 1.18. The molecule has 28 heavy (non-hydrogen) atoms. The molecule has 0 aromatic heterocycles. The normalized spacial score (nSPS) is 17.0. The molecule has 1 aromatic carbocycles. The summed E-state index contributed by atoms with van der Waals surface area (Å²) < 4.78 is 24.6. The van der Waals surface area contributed by atoms with Crippen LogP contribution in [0, 0.1) is 11.7 Å². The van der Waals surface area contributed by atoms with Gasteiger partial charge in [-0.1, -0.05) is 26.0 Å². The van der Waals surface area contributed by atoms with Crippen LogP contribution in [0.4, 0.5) is 4.39 Å². The lowest BCUT2D eigenvalue weighted by atomic mass is 9.74. The van der Waals surface area contributed by atoms with E-state index in [0.29, 0.717) is 25.7 Å². The smallest absolute Gasteiger partial charge is 0.191 e. The molecule has 0 radical (unpaired) electrons. The lowest BCUT2D eigenvalue weighted by Crippen LogP contribution is -2.41. The van der Waals surface area contributed by atoms with Crippen LogP contribution in [0.1, 0.15) is 45.6 Å². The van der Waals surface area contributed by atoms with Gasteiger partial charge in [-0.25, -0.2) is 4.39 Å². The highest BCUT2D eigenvalue weighted by atomic mass is 19.1. The van der Waals surface area contributed by atoms with Crippen molar-refractivity contribution < 1.29 is 13.9 Å². The van der Waals surface area contributed by atoms with E-state index in [1.807, 2.05) is 12.1 Å². The van der Waals surface area contributed by atoms with Crippen molar-refractivity contribution in [1.82, 2.24) is 10.6 Å². The van der Waals surface area contributed by atoms with E-state index >= 15 is 0 Å². The van der Waals surface area contributed by atoms with E-state index in [1.54, 1.807) is 0 Å². The number of hydrogen-bond acceptors (Lipinski definition) is 3. The first kappa shape index (κ1) is 22.6. The molecule has 1 saturated heterocycles. The van der Waals surface area contributed by atoms with Gasteiger partial charge in [0, 0.05) is 44.9 Å². The maximum atomic E-state index is 13.4. The van der Waals surface area contributed by atoms with Crippen molar-refractivity contribution >= 4 is 5.96 Å². The van der Waals surface area contributed by atoms with Crippen LogP contribution in [0.2, 0.25) is 0 Å². The summed E-state index contributed by atoms with van der Waals surface area (Å²) in [6, 6.07) is 6.86. The summed E-state index contributed by atoms with van der Waals surface area (Å²) in [7, 11) is 0. The molecule has 0 spiro atoms. The fourth-order valence-corrected chi connectivity index (χ4v) is 3.38. The first-order valence-corrected chi connectivity index (χ1v) is 10.5. The molecular formula is C22H36FN3O2.